The van der Waals surface area contributed by atoms with Crippen LogP contribution in [-0.4, -0.2) is 24.6 Å². The van der Waals surface area contributed by atoms with E-state index in [-0.39, 0.29) is 0 Å². The summed E-state index contributed by atoms with van der Waals surface area (Å²) >= 11 is 0. The number of nitrogens with one attached hydrogen (secondary N) is 1. The lowest BCUT2D eigenvalue weighted by atomic mass is 10.1. The van der Waals surface area contributed by atoms with Crippen LogP contribution >= 0.6 is 0 Å². The van der Waals surface area contributed by atoms with E-state index in [1.165, 1.54) is 10.7 Å². The molecule has 4 heteroatoms. The summed E-state index contributed by atoms with van der Waals surface area (Å²) in [5.41, 5.74) is 5.66. The summed E-state index contributed by atoms with van der Waals surface area (Å²) in [7, 11) is 0. The number of aromatic nitrogens is 1. The van der Waals surface area contributed by atoms with Crippen LogP contribution in [0.25, 0.3) is 33.0 Å². The summed E-state index contributed by atoms with van der Waals surface area (Å²) in [6.07, 6.45) is 0. The quantitative estimate of drug-likeness (QED) is 0.326. The minimum absolute atomic E-state index is 0.818. The maximum Gasteiger partial charge on any atom is 0.200 e. The highest BCUT2D eigenvalue weighted by Crippen LogP contribution is 2.29. The highest BCUT2D eigenvalue weighted by Gasteiger charge is 2.11. The van der Waals surface area contributed by atoms with E-state index in [9.17, 15) is 0 Å². The molecule has 0 saturated heterocycles. The summed E-state index contributed by atoms with van der Waals surface area (Å²) in [5, 5.41) is 6.89. The van der Waals surface area contributed by atoms with Gasteiger partial charge in [0.2, 0.25) is 5.36 Å². The number of benzene rings is 3. The maximum atomic E-state index is 6.36. The van der Waals surface area contributed by atoms with Gasteiger partial charge in [0.15, 0.2) is 11.2 Å². The van der Waals surface area contributed by atoms with Crippen LogP contribution in [0.1, 0.15) is 26.3 Å². The molecule has 138 valence electrons. The van der Waals surface area contributed by atoms with Crippen molar-refractivity contribution >= 4 is 38.7 Å². The molecule has 0 amide bonds. The molecule has 0 unspecified atom stereocenters. The summed E-state index contributed by atoms with van der Waals surface area (Å²) < 4.78 is 8.72. The van der Waals surface area contributed by atoms with Crippen LogP contribution in [0, 0.1) is 6.92 Å². The van der Waals surface area contributed by atoms with Crippen molar-refractivity contribution in [1.29, 1.82) is 0 Å². The van der Waals surface area contributed by atoms with Crippen LogP contribution in [0.5, 0.6) is 0 Å². The maximum absolute atomic E-state index is 6.36. The number of fused-ring (bicyclic) bond motifs is 4. The summed E-state index contributed by atoms with van der Waals surface area (Å²) in [6, 6.07) is 14.9. The Balaban J connectivity index is 2.02. The summed E-state index contributed by atoms with van der Waals surface area (Å²) in [5.74, 6) is 0. The van der Waals surface area contributed by atoms with Crippen LogP contribution in [-0.2, 0) is 0 Å². The molecule has 0 saturated carbocycles. The molecule has 0 aliphatic rings. The molecule has 0 spiro atoms. The monoisotopic (exact) mass is 360 g/mol. The average Bonchev–Trinajstić information content (AvgIpc) is 2.68. The second-order valence-electron chi connectivity index (χ2n) is 6.88. The van der Waals surface area contributed by atoms with Gasteiger partial charge in [-0.05, 0) is 56.8 Å². The third kappa shape index (κ3) is 3.05. The predicted molar refractivity (Wildman–Crippen MR) is 114 cm³/mol. The van der Waals surface area contributed by atoms with Crippen molar-refractivity contribution in [1.82, 2.24) is 9.56 Å². The number of nitrogens with zero attached hydrogens (tertiary/aromatic N) is 2. The minimum atomic E-state index is 0.818. The second kappa shape index (κ2) is 7.03. The second-order valence-corrected chi connectivity index (χ2v) is 6.88. The molecule has 4 rings (SSSR count). The fourth-order valence-corrected chi connectivity index (χ4v) is 3.76. The predicted octanol–water partition coefficient (Wildman–Crippen LogP) is 4.69. The SMILES string of the molecule is CCNc1cc(C)c2nc3ccc4cc(=[N+](CC)CC)ccc4c3oc2c1. The van der Waals surface area contributed by atoms with E-state index in [0.717, 1.165) is 58.5 Å². The Morgan fingerprint density at radius 1 is 1.00 bits per heavy atom. The first-order valence-electron chi connectivity index (χ1n) is 9.74. The molecule has 0 bridgehead atoms. The largest absolute Gasteiger partial charge is 0.452 e. The Kier molecular flexibility index (Phi) is 4.56. The fourth-order valence-electron chi connectivity index (χ4n) is 3.76. The lowest BCUT2D eigenvalue weighted by Crippen LogP contribution is -2.29. The first kappa shape index (κ1) is 17.5. The van der Waals surface area contributed by atoms with Gasteiger partial charge in [0.1, 0.15) is 24.1 Å². The molecule has 27 heavy (non-hydrogen) atoms. The van der Waals surface area contributed by atoms with Crippen LogP contribution in [0.3, 0.4) is 0 Å². The van der Waals surface area contributed by atoms with Gasteiger partial charge in [-0.15, -0.1) is 0 Å². The Morgan fingerprint density at radius 3 is 2.56 bits per heavy atom. The number of anilines is 1. The number of aryl methyl sites for hydroxylation is 1. The van der Waals surface area contributed by atoms with Crippen molar-refractivity contribution in [3.63, 3.8) is 0 Å². The molecule has 0 fully saturated rings. The van der Waals surface area contributed by atoms with Crippen LogP contribution < -0.4 is 15.2 Å². The Morgan fingerprint density at radius 2 is 1.81 bits per heavy atom. The van der Waals surface area contributed by atoms with Gasteiger partial charge in [-0.25, -0.2) is 9.56 Å². The zero-order chi connectivity index (χ0) is 19.0. The third-order valence-corrected chi connectivity index (χ3v) is 5.15. The fraction of sp³-hybridized carbons (Fsp3) is 0.304. The summed E-state index contributed by atoms with van der Waals surface area (Å²) in [6.45, 7) is 11.4. The molecule has 3 aromatic carbocycles. The van der Waals surface area contributed by atoms with Gasteiger partial charge >= 0.3 is 0 Å². The van der Waals surface area contributed by atoms with E-state index < -0.39 is 0 Å². The van der Waals surface area contributed by atoms with Crippen molar-refractivity contribution in [2.45, 2.75) is 27.7 Å². The highest BCUT2D eigenvalue weighted by atomic mass is 16.3. The van der Waals surface area contributed by atoms with Gasteiger partial charge in [0.05, 0.1) is 0 Å². The van der Waals surface area contributed by atoms with E-state index in [2.05, 4.69) is 74.0 Å². The van der Waals surface area contributed by atoms with Crippen molar-refractivity contribution in [2.24, 2.45) is 0 Å². The van der Waals surface area contributed by atoms with Crippen LogP contribution in [0.15, 0.2) is 46.9 Å². The molecule has 0 atom stereocenters. The Hall–Kier alpha value is -2.88. The smallest absolute Gasteiger partial charge is 0.200 e. The molecule has 1 heterocycles. The molecular weight excluding hydrogens is 334 g/mol. The van der Waals surface area contributed by atoms with E-state index in [1.807, 2.05) is 6.07 Å². The minimum Gasteiger partial charge on any atom is -0.452 e. The molecule has 0 radical (unpaired) electrons. The van der Waals surface area contributed by atoms with Gasteiger partial charge in [-0.1, -0.05) is 6.07 Å². The van der Waals surface area contributed by atoms with E-state index in [4.69, 9.17) is 9.40 Å². The molecule has 1 aromatic heterocycles. The molecule has 1 N–H and O–H groups in total. The van der Waals surface area contributed by atoms with Crippen molar-refractivity contribution in [3.8, 4) is 0 Å². The third-order valence-electron chi connectivity index (χ3n) is 5.15. The molecule has 0 aliphatic heterocycles. The molecule has 4 aromatic rings. The average molecular weight is 360 g/mol. The lowest BCUT2D eigenvalue weighted by Gasteiger charge is -2.09. The standard InChI is InChI=1S/C23H25N3O/c1-5-24-17-12-15(4)22-21(14-17)27-23-19-10-9-18(26(6-2)7-3)13-16(19)8-11-20(23)25-22/h8-14H,5-7H2,1-4H3/p+1. The van der Waals surface area contributed by atoms with Crippen molar-refractivity contribution in [3.05, 3.63) is 53.4 Å². The van der Waals surface area contributed by atoms with E-state index in [1.54, 1.807) is 0 Å². The Labute approximate surface area is 159 Å². The van der Waals surface area contributed by atoms with Gasteiger partial charge in [-0.2, -0.15) is 0 Å². The first-order valence-corrected chi connectivity index (χ1v) is 9.74. The molecule has 0 aliphatic carbocycles. The molecular formula is C23H26N3O+. The number of hydrogen-bond donors (Lipinski definition) is 1. The van der Waals surface area contributed by atoms with Crippen LogP contribution in [0.4, 0.5) is 5.69 Å². The summed E-state index contributed by atoms with van der Waals surface area (Å²) in [4.78, 5) is 4.89. The van der Waals surface area contributed by atoms with Gasteiger partial charge < -0.3 is 9.73 Å². The van der Waals surface area contributed by atoms with Crippen molar-refractivity contribution < 1.29 is 4.42 Å². The van der Waals surface area contributed by atoms with Gasteiger partial charge in [-0.3, -0.25) is 0 Å². The van der Waals surface area contributed by atoms with Crippen LogP contribution in [0.2, 0.25) is 0 Å². The lowest BCUT2D eigenvalue weighted by molar-refractivity contribution is 0.627. The zero-order valence-corrected chi connectivity index (χ0v) is 16.5. The van der Waals surface area contributed by atoms with E-state index >= 15 is 0 Å². The Bertz CT molecular complexity index is 1220. The normalized spacial score (nSPS) is 11.4. The highest BCUT2D eigenvalue weighted by molar-refractivity contribution is 6.04. The topological polar surface area (TPSA) is 41.1 Å². The van der Waals surface area contributed by atoms with Gasteiger partial charge in [0.25, 0.3) is 0 Å². The number of hydrogen-bond acceptors (Lipinski definition) is 3. The van der Waals surface area contributed by atoms with E-state index in [0.29, 0.717) is 0 Å². The molecule has 4 nitrogen and oxygen atoms in total. The van der Waals surface area contributed by atoms with Gasteiger partial charge in [0, 0.05) is 35.8 Å². The number of rotatable bonds is 4. The first-order chi connectivity index (χ1) is 13.1. The zero-order valence-electron chi connectivity index (χ0n) is 16.5. The van der Waals surface area contributed by atoms with Crippen molar-refractivity contribution in [2.75, 3.05) is 25.0 Å².